The van der Waals surface area contributed by atoms with Gasteiger partial charge in [0.2, 0.25) is 5.91 Å². The third kappa shape index (κ3) is 4.49. The largest absolute Gasteiger partial charge is 0.494 e. The number of nitrogens with one attached hydrogen (secondary N) is 2. The zero-order chi connectivity index (χ0) is 22.0. The quantitative estimate of drug-likeness (QED) is 0.550. The van der Waals surface area contributed by atoms with Crippen LogP contribution in [-0.4, -0.2) is 28.7 Å². The van der Waals surface area contributed by atoms with Crippen molar-refractivity contribution in [2.75, 3.05) is 17.7 Å². The minimum absolute atomic E-state index is 0.195. The van der Waals surface area contributed by atoms with Gasteiger partial charge in [-0.2, -0.15) is 5.10 Å². The maximum atomic E-state index is 13.2. The van der Waals surface area contributed by atoms with Crippen LogP contribution in [0.5, 0.6) is 5.75 Å². The zero-order valence-corrected chi connectivity index (χ0v) is 19.0. The highest BCUT2D eigenvalue weighted by atomic mass is 79.9. The van der Waals surface area contributed by atoms with E-state index in [1.54, 1.807) is 18.2 Å². The fourth-order valence-electron chi connectivity index (χ4n) is 3.86. The van der Waals surface area contributed by atoms with Crippen molar-refractivity contribution in [1.82, 2.24) is 9.78 Å². The monoisotopic (exact) mass is 482 g/mol. The van der Waals surface area contributed by atoms with Gasteiger partial charge in [0.15, 0.2) is 5.69 Å². The molecule has 0 unspecified atom stereocenters. The molecule has 0 bridgehead atoms. The van der Waals surface area contributed by atoms with Crippen LogP contribution < -0.4 is 15.4 Å². The van der Waals surface area contributed by atoms with E-state index in [4.69, 9.17) is 9.84 Å². The molecule has 1 aromatic heterocycles. The lowest BCUT2D eigenvalue weighted by Gasteiger charge is -2.14. The van der Waals surface area contributed by atoms with Crippen LogP contribution in [-0.2, 0) is 17.6 Å². The van der Waals surface area contributed by atoms with Gasteiger partial charge in [0.1, 0.15) is 5.75 Å². The first-order valence-electron chi connectivity index (χ1n) is 10.1. The van der Waals surface area contributed by atoms with E-state index in [0.29, 0.717) is 22.8 Å². The zero-order valence-electron chi connectivity index (χ0n) is 17.4. The fourth-order valence-corrected chi connectivity index (χ4v) is 4.24. The van der Waals surface area contributed by atoms with Gasteiger partial charge in [-0.15, -0.1) is 0 Å². The second-order valence-corrected chi connectivity index (χ2v) is 8.34. The number of ether oxygens (including phenoxy) is 1. The first kappa shape index (κ1) is 21.1. The fraction of sp³-hybridized carbons (Fsp3) is 0.261. The van der Waals surface area contributed by atoms with Gasteiger partial charge in [0.05, 0.1) is 18.5 Å². The Morgan fingerprint density at radius 3 is 2.65 bits per heavy atom. The van der Waals surface area contributed by atoms with Gasteiger partial charge >= 0.3 is 0 Å². The van der Waals surface area contributed by atoms with E-state index in [-0.39, 0.29) is 11.8 Å². The van der Waals surface area contributed by atoms with Crippen molar-refractivity contribution < 1.29 is 14.3 Å². The second-order valence-electron chi connectivity index (χ2n) is 7.42. The Balaban J connectivity index is 1.65. The molecule has 1 aliphatic carbocycles. The first-order chi connectivity index (χ1) is 15.0. The molecule has 0 radical (unpaired) electrons. The summed E-state index contributed by atoms with van der Waals surface area (Å²) < 4.78 is 8.19. The van der Waals surface area contributed by atoms with E-state index in [1.165, 1.54) is 14.0 Å². The molecule has 2 amide bonds. The van der Waals surface area contributed by atoms with Gasteiger partial charge < -0.3 is 15.4 Å². The maximum absolute atomic E-state index is 13.2. The number of methoxy groups -OCH3 is 1. The Morgan fingerprint density at radius 1 is 1.10 bits per heavy atom. The van der Waals surface area contributed by atoms with Gasteiger partial charge in [-0.05, 0) is 56.0 Å². The van der Waals surface area contributed by atoms with Crippen LogP contribution in [0.15, 0.2) is 46.9 Å². The van der Waals surface area contributed by atoms with Crippen molar-refractivity contribution in [3.8, 4) is 11.4 Å². The highest BCUT2D eigenvalue weighted by Gasteiger charge is 2.26. The summed E-state index contributed by atoms with van der Waals surface area (Å²) in [4.78, 5) is 24.5. The number of amides is 2. The number of hydrogen-bond acceptors (Lipinski definition) is 4. The number of carbonyl (C=O) groups excluding carboxylic acids is 2. The lowest BCUT2D eigenvalue weighted by molar-refractivity contribution is -0.114. The van der Waals surface area contributed by atoms with Gasteiger partial charge in [-0.1, -0.05) is 22.0 Å². The summed E-state index contributed by atoms with van der Waals surface area (Å²) >= 11 is 3.51. The number of carbonyl (C=O) groups is 2. The number of rotatable bonds is 5. The number of hydrogen-bond donors (Lipinski definition) is 2. The van der Waals surface area contributed by atoms with Crippen molar-refractivity contribution >= 4 is 39.1 Å². The number of halogens is 1. The van der Waals surface area contributed by atoms with Crippen molar-refractivity contribution in [2.24, 2.45) is 0 Å². The standard InChI is InChI=1S/C23H23BrN4O3/c1-14(29)25-19-11-10-16(13-21(19)31-2)26-23(30)22-18-8-3-4-9-20(18)28(27-22)17-7-5-6-15(24)12-17/h5-7,10-13H,3-4,8-9H2,1-2H3,(H,25,29)(H,26,30). The van der Waals surface area contributed by atoms with Gasteiger partial charge in [0.25, 0.3) is 5.91 Å². The summed E-state index contributed by atoms with van der Waals surface area (Å²) in [5.74, 6) is 0.00993. The first-order valence-corrected chi connectivity index (χ1v) is 10.9. The number of benzene rings is 2. The molecule has 1 heterocycles. The van der Waals surface area contributed by atoms with Crippen LogP contribution in [0, 0.1) is 0 Å². The molecule has 0 aliphatic heterocycles. The molecule has 0 fully saturated rings. The van der Waals surface area contributed by atoms with E-state index in [0.717, 1.165) is 47.1 Å². The minimum atomic E-state index is -0.263. The van der Waals surface area contributed by atoms with Crippen LogP contribution in [0.25, 0.3) is 5.69 Å². The number of aromatic nitrogens is 2. The topological polar surface area (TPSA) is 85.2 Å². The van der Waals surface area contributed by atoms with E-state index in [1.807, 2.05) is 28.9 Å². The highest BCUT2D eigenvalue weighted by Crippen LogP contribution is 2.30. The van der Waals surface area contributed by atoms with E-state index < -0.39 is 0 Å². The number of fused-ring (bicyclic) bond motifs is 1. The third-order valence-corrected chi connectivity index (χ3v) is 5.71. The van der Waals surface area contributed by atoms with Gasteiger partial charge in [-0.25, -0.2) is 4.68 Å². The molecule has 0 atom stereocenters. The molecule has 1 aliphatic rings. The lowest BCUT2D eigenvalue weighted by atomic mass is 9.95. The molecule has 0 spiro atoms. The predicted octanol–water partition coefficient (Wildman–Crippen LogP) is 4.73. The molecule has 0 saturated heterocycles. The molecule has 0 saturated carbocycles. The smallest absolute Gasteiger partial charge is 0.276 e. The SMILES string of the molecule is COc1cc(NC(=O)c2nn(-c3cccc(Br)c3)c3c2CCCC3)ccc1NC(C)=O. The molecule has 31 heavy (non-hydrogen) atoms. The third-order valence-electron chi connectivity index (χ3n) is 5.22. The van der Waals surface area contributed by atoms with Crippen molar-refractivity contribution in [1.29, 1.82) is 0 Å². The van der Waals surface area contributed by atoms with Gasteiger partial charge in [-0.3, -0.25) is 9.59 Å². The van der Waals surface area contributed by atoms with Crippen LogP contribution in [0.2, 0.25) is 0 Å². The van der Waals surface area contributed by atoms with Crippen LogP contribution in [0.1, 0.15) is 41.5 Å². The summed E-state index contributed by atoms with van der Waals surface area (Å²) in [7, 11) is 1.52. The van der Waals surface area contributed by atoms with Crippen LogP contribution >= 0.6 is 15.9 Å². The Morgan fingerprint density at radius 2 is 1.90 bits per heavy atom. The molecule has 4 rings (SSSR count). The molecule has 160 valence electrons. The van der Waals surface area contributed by atoms with E-state index in [2.05, 4.69) is 26.6 Å². The summed E-state index contributed by atoms with van der Waals surface area (Å²) in [5, 5.41) is 10.3. The Bertz CT molecular complexity index is 1160. The Hall–Kier alpha value is -3.13. The summed E-state index contributed by atoms with van der Waals surface area (Å²) in [6.45, 7) is 1.43. The Labute approximate surface area is 188 Å². The highest BCUT2D eigenvalue weighted by molar-refractivity contribution is 9.10. The average Bonchev–Trinajstić information content (AvgIpc) is 3.14. The molecule has 7 nitrogen and oxygen atoms in total. The summed E-state index contributed by atoms with van der Waals surface area (Å²) in [6.07, 6.45) is 3.84. The maximum Gasteiger partial charge on any atom is 0.276 e. The molecular weight excluding hydrogens is 460 g/mol. The number of nitrogens with zero attached hydrogens (tertiary/aromatic N) is 2. The normalized spacial score (nSPS) is 12.7. The lowest BCUT2D eigenvalue weighted by Crippen LogP contribution is -2.16. The average molecular weight is 483 g/mol. The van der Waals surface area contributed by atoms with Crippen molar-refractivity contribution in [2.45, 2.75) is 32.6 Å². The second kappa shape index (κ2) is 8.93. The van der Waals surface area contributed by atoms with E-state index in [9.17, 15) is 9.59 Å². The minimum Gasteiger partial charge on any atom is -0.494 e. The Kier molecular flexibility index (Phi) is 6.08. The number of anilines is 2. The molecule has 2 aromatic carbocycles. The van der Waals surface area contributed by atoms with Gasteiger partial charge in [0, 0.05) is 34.4 Å². The molecular formula is C23H23BrN4O3. The molecule has 2 N–H and O–H groups in total. The van der Waals surface area contributed by atoms with E-state index >= 15 is 0 Å². The molecule has 8 heteroatoms. The van der Waals surface area contributed by atoms with Crippen molar-refractivity contribution in [3.05, 3.63) is 63.9 Å². The summed E-state index contributed by atoms with van der Waals surface area (Å²) in [5.41, 5.74) is 4.58. The van der Waals surface area contributed by atoms with Crippen LogP contribution in [0.3, 0.4) is 0 Å². The predicted molar refractivity (Wildman–Crippen MR) is 123 cm³/mol. The van der Waals surface area contributed by atoms with Crippen molar-refractivity contribution in [3.63, 3.8) is 0 Å². The van der Waals surface area contributed by atoms with Crippen LogP contribution in [0.4, 0.5) is 11.4 Å². The summed E-state index contributed by atoms with van der Waals surface area (Å²) in [6, 6.07) is 13.0. The molecule has 3 aromatic rings.